The van der Waals surface area contributed by atoms with Crippen molar-refractivity contribution in [3.8, 4) is 0 Å². The van der Waals surface area contributed by atoms with Gasteiger partial charge >= 0.3 is 12.1 Å². The van der Waals surface area contributed by atoms with Crippen LogP contribution in [-0.2, 0) is 9.47 Å². The van der Waals surface area contributed by atoms with E-state index in [2.05, 4.69) is 48.0 Å². The van der Waals surface area contributed by atoms with Gasteiger partial charge in [0.1, 0.15) is 0 Å². The Bertz CT molecular complexity index is 845. The summed E-state index contributed by atoms with van der Waals surface area (Å²) in [6, 6.07) is 6.41. The minimum absolute atomic E-state index is 0.0146. The fourth-order valence-electron chi connectivity index (χ4n) is 5.42. The number of ether oxygens (including phenoxy) is 2. The first-order valence-corrected chi connectivity index (χ1v) is 13.3. The molecule has 2 aliphatic heterocycles. The molecule has 3 amide bonds. The third-order valence-corrected chi connectivity index (χ3v) is 7.33. The molecule has 9 nitrogen and oxygen atoms in total. The summed E-state index contributed by atoms with van der Waals surface area (Å²) in [5.41, 5.74) is 3.41. The van der Waals surface area contributed by atoms with Crippen molar-refractivity contribution in [2.45, 2.75) is 58.1 Å². The monoisotopic (exact) mass is 504 g/mol. The van der Waals surface area contributed by atoms with E-state index in [1.165, 1.54) is 0 Å². The van der Waals surface area contributed by atoms with E-state index in [0.29, 0.717) is 12.5 Å². The number of amides is 3. The number of aryl methyl sites for hydroxylation is 2. The second-order valence-corrected chi connectivity index (χ2v) is 10.2. The number of piperidine rings is 1. The Labute approximate surface area is 215 Å². The highest BCUT2D eigenvalue weighted by Gasteiger charge is 2.33. The number of likely N-dealkylation sites (N-methyl/N-ethyl adjacent to an activating group) is 1. The number of likely N-dealkylation sites (tertiary alicyclic amines) is 1. The molecule has 2 aliphatic rings. The first-order chi connectivity index (χ1) is 17.4. The van der Waals surface area contributed by atoms with Crippen molar-refractivity contribution in [2.24, 2.45) is 11.8 Å². The van der Waals surface area contributed by atoms with Gasteiger partial charge in [-0.3, -0.25) is 0 Å². The van der Waals surface area contributed by atoms with Crippen LogP contribution in [0.25, 0.3) is 0 Å². The third-order valence-electron chi connectivity index (χ3n) is 7.33. The summed E-state index contributed by atoms with van der Waals surface area (Å²) in [4.78, 5) is 26.1. The van der Waals surface area contributed by atoms with E-state index in [1.54, 1.807) is 0 Å². The van der Waals surface area contributed by atoms with Crippen LogP contribution in [0.4, 0.5) is 9.59 Å². The molecule has 2 fully saturated rings. The zero-order valence-electron chi connectivity index (χ0n) is 22.1. The van der Waals surface area contributed by atoms with Crippen LogP contribution in [0.5, 0.6) is 0 Å². The van der Waals surface area contributed by atoms with Crippen LogP contribution in [0.2, 0.25) is 0 Å². The summed E-state index contributed by atoms with van der Waals surface area (Å²) in [6.45, 7) is 8.34. The quantitative estimate of drug-likeness (QED) is 0.344. The summed E-state index contributed by atoms with van der Waals surface area (Å²) in [6.07, 6.45) is 3.66. The van der Waals surface area contributed by atoms with Gasteiger partial charge in [0.15, 0.2) is 0 Å². The summed E-state index contributed by atoms with van der Waals surface area (Å²) < 4.78 is 11.8. The molecule has 3 atom stereocenters. The number of rotatable bonds is 11. The van der Waals surface area contributed by atoms with Crippen molar-refractivity contribution in [1.29, 1.82) is 0 Å². The lowest BCUT2D eigenvalue weighted by atomic mass is 9.86. The lowest BCUT2D eigenvalue weighted by molar-refractivity contribution is -0.00892. The molecule has 1 aromatic carbocycles. The molecule has 1 aromatic rings. The van der Waals surface area contributed by atoms with Crippen LogP contribution in [-0.4, -0.2) is 81.2 Å². The van der Waals surface area contributed by atoms with Gasteiger partial charge in [-0.05, 0) is 70.0 Å². The number of carboxylic acid groups (broad SMARTS) is 1. The molecular formula is C27H44N4O5. The van der Waals surface area contributed by atoms with Crippen molar-refractivity contribution in [3.05, 3.63) is 34.9 Å². The second kappa shape index (κ2) is 14.4. The standard InChI is InChI=1S/C27H44N4O5/c1-19-6-7-20(2)24(15-19)25(36-14-10-29-27(33)34)22-5-4-11-31(18-22)26(32)30-23(17-28-3)16-21-8-12-35-13-9-21/h6-7,15,21-23,25,28-29H,4-5,8-14,16-18H2,1-3H3,(H,30,32)(H,33,34)/t22-,23+,25-/m1/s1. The molecule has 202 valence electrons. The molecule has 2 heterocycles. The van der Waals surface area contributed by atoms with E-state index in [4.69, 9.17) is 14.6 Å². The van der Waals surface area contributed by atoms with Crippen LogP contribution in [0.15, 0.2) is 18.2 Å². The van der Waals surface area contributed by atoms with Crippen molar-refractivity contribution in [3.63, 3.8) is 0 Å². The highest BCUT2D eigenvalue weighted by Crippen LogP contribution is 2.35. The molecule has 2 saturated heterocycles. The number of hydrogen-bond acceptors (Lipinski definition) is 5. The van der Waals surface area contributed by atoms with Crippen LogP contribution >= 0.6 is 0 Å². The van der Waals surface area contributed by atoms with Gasteiger partial charge in [-0.1, -0.05) is 23.8 Å². The number of nitrogens with one attached hydrogen (secondary N) is 3. The number of urea groups is 1. The molecule has 4 N–H and O–H groups in total. The number of hydrogen-bond donors (Lipinski definition) is 4. The van der Waals surface area contributed by atoms with Crippen LogP contribution in [0.1, 0.15) is 54.9 Å². The van der Waals surface area contributed by atoms with E-state index in [0.717, 1.165) is 75.1 Å². The predicted octanol–water partition coefficient (Wildman–Crippen LogP) is 3.46. The van der Waals surface area contributed by atoms with Gasteiger partial charge in [0.05, 0.1) is 12.7 Å². The fraction of sp³-hybridized carbons (Fsp3) is 0.704. The summed E-state index contributed by atoms with van der Waals surface area (Å²) >= 11 is 0. The molecule has 0 aliphatic carbocycles. The molecule has 0 bridgehead atoms. The smallest absolute Gasteiger partial charge is 0.404 e. The molecule has 3 rings (SSSR count). The zero-order valence-corrected chi connectivity index (χ0v) is 22.1. The van der Waals surface area contributed by atoms with Gasteiger partial charge in [-0.2, -0.15) is 0 Å². The third kappa shape index (κ3) is 8.64. The van der Waals surface area contributed by atoms with Crippen LogP contribution < -0.4 is 16.0 Å². The second-order valence-electron chi connectivity index (χ2n) is 10.2. The largest absolute Gasteiger partial charge is 0.465 e. The average Bonchev–Trinajstić information content (AvgIpc) is 2.86. The zero-order chi connectivity index (χ0) is 25.9. The Kier molecular flexibility index (Phi) is 11.3. The Balaban J connectivity index is 1.66. The highest BCUT2D eigenvalue weighted by molar-refractivity contribution is 5.74. The maximum atomic E-state index is 13.3. The lowest BCUT2D eigenvalue weighted by Crippen LogP contribution is -2.52. The van der Waals surface area contributed by atoms with Crippen molar-refractivity contribution in [2.75, 3.05) is 53.0 Å². The van der Waals surface area contributed by atoms with Crippen LogP contribution in [0, 0.1) is 25.7 Å². The van der Waals surface area contributed by atoms with E-state index in [9.17, 15) is 9.59 Å². The molecule has 0 aromatic heterocycles. The molecule has 36 heavy (non-hydrogen) atoms. The van der Waals surface area contributed by atoms with Crippen molar-refractivity contribution < 1.29 is 24.2 Å². The van der Waals surface area contributed by atoms with Gasteiger partial charge < -0.3 is 35.4 Å². The Morgan fingerprint density at radius 1 is 1.22 bits per heavy atom. The summed E-state index contributed by atoms with van der Waals surface area (Å²) in [5, 5.41) is 17.8. The van der Waals surface area contributed by atoms with E-state index in [1.807, 2.05) is 11.9 Å². The average molecular weight is 505 g/mol. The predicted molar refractivity (Wildman–Crippen MR) is 139 cm³/mol. The summed E-state index contributed by atoms with van der Waals surface area (Å²) in [7, 11) is 1.92. The number of carbonyl (C=O) groups excluding carboxylic acids is 1. The highest BCUT2D eigenvalue weighted by atomic mass is 16.5. The number of carbonyl (C=O) groups is 2. The van der Waals surface area contributed by atoms with E-state index in [-0.39, 0.29) is 37.2 Å². The summed E-state index contributed by atoms with van der Waals surface area (Å²) in [5.74, 6) is 0.709. The number of nitrogens with zero attached hydrogens (tertiary/aromatic N) is 1. The topological polar surface area (TPSA) is 112 Å². The first kappa shape index (κ1) is 28.2. The SMILES string of the molecule is CNC[C@H](CC1CCOCC1)NC(=O)N1CCC[C@@H]([C@@H](OCCNC(=O)O)c2cc(C)ccc2C)C1. The van der Waals surface area contributed by atoms with Gasteiger partial charge in [-0.25, -0.2) is 9.59 Å². The lowest BCUT2D eigenvalue weighted by Gasteiger charge is -2.38. The minimum Gasteiger partial charge on any atom is -0.465 e. The Hall–Kier alpha value is -2.36. The molecule has 0 saturated carbocycles. The van der Waals surface area contributed by atoms with E-state index >= 15 is 0 Å². The van der Waals surface area contributed by atoms with Crippen LogP contribution in [0.3, 0.4) is 0 Å². The van der Waals surface area contributed by atoms with Gasteiger partial charge in [0, 0.05) is 51.4 Å². The number of benzene rings is 1. The molecule has 9 heteroatoms. The minimum atomic E-state index is -1.06. The maximum Gasteiger partial charge on any atom is 0.404 e. The Morgan fingerprint density at radius 2 is 2.00 bits per heavy atom. The molecular weight excluding hydrogens is 460 g/mol. The van der Waals surface area contributed by atoms with Gasteiger partial charge in [0.25, 0.3) is 0 Å². The van der Waals surface area contributed by atoms with E-state index < -0.39 is 6.09 Å². The van der Waals surface area contributed by atoms with Crippen molar-refractivity contribution >= 4 is 12.1 Å². The molecule has 0 radical (unpaired) electrons. The molecule has 0 spiro atoms. The fourth-order valence-corrected chi connectivity index (χ4v) is 5.42. The maximum absolute atomic E-state index is 13.3. The first-order valence-electron chi connectivity index (χ1n) is 13.3. The van der Waals surface area contributed by atoms with Crippen molar-refractivity contribution in [1.82, 2.24) is 20.9 Å². The molecule has 0 unspecified atom stereocenters. The van der Waals surface area contributed by atoms with Gasteiger partial charge in [-0.15, -0.1) is 0 Å². The normalized spacial score (nSPS) is 20.5. The Morgan fingerprint density at radius 3 is 2.72 bits per heavy atom. The van der Waals surface area contributed by atoms with Gasteiger partial charge in [0.2, 0.25) is 0 Å².